The van der Waals surface area contributed by atoms with Crippen LogP contribution >= 0.6 is 11.3 Å². The predicted octanol–water partition coefficient (Wildman–Crippen LogP) is 3.77. The molecule has 1 aromatic heterocycles. The summed E-state index contributed by atoms with van der Waals surface area (Å²) in [6.07, 6.45) is 6.89. The zero-order valence-corrected chi connectivity index (χ0v) is 17.2. The lowest BCUT2D eigenvalue weighted by Crippen LogP contribution is -2.53. The van der Waals surface area contributed by atoms with E-state index >= 15 is 0 Å². The van der Waals surface area contributed by atoms with E-state index in [0.717, 1.165) is 69.0 Å². The van der Waals surface area contributed by atoms with Crippen LogP contribution in [0.3, 0.4) is 0 Å². The van der Waals surface area contributed by atoms with Gasteiger partial charge in [0.25, 0.3) is 0 Å². The van der Waals surface area contributed by atoms with Gasteiger partial charge in [0.2, 0.25) is 5.91 Å². The molecule has 1 amide bonds. The molecule has 2 fully saturated rings. The van der Waals surface area contributed by atoms with E-state index in [1.54, 1.807) is 11.3 Å². The molecule has 0 unspecified atom stereocenters. The van der Waals surface area contributed by atoms with E-state index in [9.17, 15) is 4.79 Å². The van der Waals surface area contributed by atoms with E-state index in [4.69, 9.17) is 5.26 Å². The standard InChI is InChI=1S/C22H26N4OS/c1-17-16-24-21(28-17)26-12-10-25(11-13-26)20(27)22(8-2-3-9-22)14-18-4-6-19(15-23)7-5-18/h4-7,16H,2-3,8-14H2,1H3. The van der Waals surface area contributed by atoms with Crippen LogP contribution < -0.4 is 4.90 Å². The molecule has 0 bridgehead atoms. The molecule has 146 valence electrons. The van der Waals surface area contributed by atoms with Crippen LogP contribution in [-0.2, 0) is 11.2 Å². The Bertz CT molecular complexity index is 869. The number of piperazine rings is 1. The summed E-state index contributed by atoms with van der Waals surface area (Å²) < 4.78 is 0. The summed E-state index contributed by atoms with van der Waals surface area (Å²) >= 11 is 1.72. The lowest BCUT2D eigenvalue weighted by Gasteiger charge is -2.40. The second kappa shape index (κ2) is 7.92. The third-order valence-electron chi connectivity index (χ3n) is 6.09. The lowest BCUT2D eigenvalue weighted by atomic mass is 9.78. The molecule has 4 rings (SSSR count). The van der Waals surface area contributed by atoms with Crippen molar-refractivity contribution in [1.82, 2.24) is 9.88 Å². The minimum atomic E-state index is -0.270. The molecule has 2 heterocycles. The minimum Gasteiger partial charge on any atom is -0.345 e. The number of amides is 1. The third-order valence-corrected chi connectivity index (χ3v) is 7.06. The fraction of sp³-hybridized carbons (Fsp3) is 0.500. The van der Waals surface area contributed by atoms with Crippen molar-refractivity contribution in [2.45, 2.75) is 39.0 Å². The Morgan fingerprint density at radius 2 is 1.86 bits per heavy atom. The van der Waals surface area contributed by atoms with Gasteiger partial charge in [-0.3, -0.25) is 4.79 Å². The SMILES string of the molecule is Cc1cnc(N2CCN(C(=O)C3(Cc4ccc(C#N)cc4)CCCC3)CC2)s1. The quantitative estimate of drug-likeness (QED) is 0.792. The first-order valence-corrected chi connectivity index (χ1v) is 10.9. The van der Waals surface area contributed by atoms with E-state index in [2.05, 4.69) is 27.8 Å². The van der Waals surface area contributed by atoms with Gasteiger partial charge in [0.1, 0.15) is 0 Å². The van der Waals surface area contributed by atoms with Gasteiger partial charge < -0.3 is 9.80 Å². The number of hydrogen-bond acceptors (Lipinski definition) is 5. The smallest absolute Gasteiger partial charge is 0.229 e. The van der Waals surface area contributed by atoms with Crippen molar-refractivity contribution in [2.75, 3.05) is 31.1 Å². The van der Waals surface area contributed by atoms with Gasteiger partial charge in [0.15, 0.2) is 5.13 Å². The summed E-state index contributed by atoms with van der Waals surface area (Å²) in [6, 6.07) is 9.90. The average molecular weight is 395 g/mol. The van der Waals surface area contributed by atoms with Crippen LogP contribution in [0.25, 0.3) is 0 Å². The second-order valence-corrected chi connectivity index (χ2v) is 9.22. The molecule has 1 saturated heterocycles. The summed E-state index contributed by atoms with van der Waals surface area (Å²) in [5.74, 6) is 0.323. The molecule has 2 aromatic rings. The van der Waals surface area contributed by atoms with Crippen LogP contribution in [0.15, 0.2) is 30.5 Å². The number of nitrogens with zero attached hydrogens (tertiary/aromatic N) is 4. The zero-order chi connectivity index (χ0) is 19.6. The van der Waals surface area contributed by atoms with Crippen LogP contribution in [0, 0.1) is 23.7 Å². The van der Waals surface area contributed by atoms with Crippen LogP contribution in [0.2, 0.25) is 0 Å². The van der Waals surface area contributed by atoms with Gasteiger partial charge in [-0.2, -0.15) is 5.26 Å². The molecule has 1 aliphatic heterocycles. The molecule has 0 radical (unpaired) electrons. The molecule has 6 heteroatoms. The first-order chi connectivity index (χ1) is 13.6. The van der Waals surface area contributed by atoms with E-state index < -0.39 is 0 Å². The summed E-state index contributed by atoms with van der Waals surface area (Å²) in [7, 11) is 0. The Hall–Kier alpha value is -2.39. The number of carbonyl (C=O) groups is 1. The molecular weight excluding hydrogens is 368 g/mol. The van der Waals surface area contributed by atoms with E-state index in [-0.39, 0.29) is 5.41 Å². The number of thiazole rings is 1. The van der Waals surface area contributed by atoms with Crippen molar-refractivity contribution in [3.63, 3.8) is 0 Å². The highest BCUT2D eigenvalue weighted by Crippen LogP contribution is 2.43. The molecule has 5 nitrogen and oxygen atoms in total. The number of aryl methyl sites for hydroxylation is 1. The topological polar surface area (TPSA) is 60.2 Å². The van der Waals surface area contributed by atoms with Gasteiger partial charge in [-0.15, -0.1) is 11.3 Å². The Labute approximate surface area is 170 Å². The second-order valence-electron chi connectivity index (χ2n) is 8.01. The highest BCUT2D eigenvalue weighted by Gasteiger charge is 2.44. The van der Waals surface area contributed by atoms with Gasteiger partial charge in [0.05, 0.1) is 17.0 Å². The molecule has 1 saturated carbocycles. The third kappa shape index (κ3) is 3.77. The number of rotatable bonds is 4. The van der Waals surface area contributed by atoms with Crippen LogP contribution in [0.5, 0.6) is 0 Å². The number of anilines is 1. The van der Waals surface area contributed by atoms with Crippen molar-refractivity contribution < 1.29 is 4.79 Å². The molecular formula is C22H26N4OS. The zero-order valence-electron chi connectivity index (χ0n) is 16.4. The first kappa shape index (κ1) is 18.9. The summed E-state index contributed by atoms with van der Waals surface area (Å²) in [5, 5.41) is 10.1. The highest BCUT2D eigenvalue weighted by atomic mass is 32.1. The summed E-state index contributed by atoms with van der Waals surface area (Å²) in [5.41, 5.74) is 1.56. The normalized spacial score (nSPS) is 18.9. The maximum Gasteiger partial charge on any atom is 0.229 e. The molecule has 0 atom stereocenters. The van der Waals surface area contributed by atoms with Crippen LogP contribution in [0.4, 0.5) is 5.13 Å². The van der Waals surface area contributed by atoms with Crippen molar-refractivity contribution in [2.24, 2.45) is 5.41 Å². The van der Waals surface area contributed by atoms with Crippen molar-refractivity contribution in [3.8, 4) is 6.07 Å². The number of carbonyl (C=O) groups excluding carboxylic acids is 1. The summed E-state index contributed by atoms with van der Waals surface area (Å²) in [4.78, 5) is 23.6. The molecule has 2 aliphatic rings. The average Bonchev–Trinajstić information content (AvgIpc) is 3.38. The maximum atomic E-state index is 13.5. The fourth-order valence-electron chi connectivity index (χ4n) is 4.53. The summed E-state index contributed by atoms with van der Waals surface area (Å²) in [6.45, 7) is 5.32. The number of benzene rings is 1. The van der Waals surface area contributed by atoms with E-state index in [1.165, 1.54) is 4.88 Å². The monoisotopic (exact) mass is 394 g/mol. The van der Waals surface area contributed by atoms with Crippen molar-refractivity contribution in [1.29, 1.82) is 5.26 Å². The Morgan fingerprint density at radius 3 is 2.43 bits per heavy atom. The molecule has 1 aliphatic carbocycles. The Morgan fingerprint density at radius 1 is 1.18 bits per heavy atom. The fourth-order valence-corrected chi connectivity index (χ4v) is 5.34. The Kier molecular flexibility index (Phi) is 5.36. The number of nitriles is 1. The van der Waals surface area contributed by atoms with Gasteiger partial charge in [0, 0.05) is 37.3 Å². The number of hydrogen-bond donors (Lipinski definition) is 0. The van der Waals surface area contributed by atoms with Gasteiger partial charge in [-0.1, -0.05) is 25.0 Å². The number of aromatic nitrogens is 1. The minimum absolute atomic E-state index is 0.270. The Balaban J connectivity index is 1.44. The van der Waals surface area contributed by atoms with Gasteiger partial charge >= 0.3 is 0 Å². The van der Waals surface area contributed by atoms with Crippen molar-refractivity contribution >= 4 is 22.4 Å². The van der Waals surface area contributed by atoms with Gasteiger partial charge in [-0.25, -0.2) is 4.98 Å². The van der Waals surface area contributed by atoms with Crippen LogP contribution in [0.1, 0.15) is 41.7 Å². The predicted molar refractivity (Wildman–Crippen MR) is 111 cm³/mol. The molecule has 28 heavy (non-hydrogen) atoms. The first-order valence-electron chi connectivity index (χ1n) is 10.1. The molecule has 1 aromatic carbocycles. The van der Waals surface area contributed by atoms with E-state index in [0.29, 0.717) is 11.5 Å². The van der Waals surface area contributed by atoms with Crippen molar-refractivity contribution in [3.05, 3.63) is 46.5 Å². The highest BCUT2D eigenvalue weighted by molar-refractivity contribution is 7.15. The maximum absolute atomic E-state index is 13.5. The molecule has 0 N–H and O–H groups in total. The van der Waals surface area contributed by atoms with Crippen LogP contribution in [-0.4, -0.2) is 42.0 Å². The molecule has 0 spiro atoms. The van der Waals surface area contributed by atoms with E-state index in [1.807, 2.05) is 30.5 Å². The lowest BCUT2D eigenvalue weighted by molar-refractivity contribution is -0.142. The van der Waals surface area contributed by atoms with Gasteiger partial charge in [-0.05, 0) is 43.9 Å². The largest absolute Gasteiger partial charge is 0.345 e.